The maximum atomic E-state index is 12.7. The summed E-state index contributed by atoms with van der Waals surface area (Å²) in [5.41, 5.74) is 4.47. The van der Waals surface area contributed by atoms with Crippen molar-refractivity contribution < 1.29 is 17.9 Å². The molecule has 1 N–H and O–H groups in total. The van der Waals surface area contributed by atoms with Crippen LogP contribution in [0.2, 0.25) is 0 Å². The van der Waals surface area contributed by atoms with Gasteiger partial charge in [0, 0.05) is 5.56 Å². The Morgan fingerprint density at radius 2 is 1.62 bits per heavy atom. The molecule has 0 heterocycles. The molecule has 0 bridgehead atoms. The smallest absolute Gasteiger partial charge is 0.260 e. The molecule has 0 aliphatic heterocycles. The molecule has 0 spiro atoms. The Labute approximate surface area is 198 Å². The zero-order valence-corrected chi connectivity index (χ0v) is 20.0. The number of nitrogens with one attached hydrogen (secondary N) is 1. The van der Waals surface area contributed by atoms with Crippen LogP contribution in [-0.4, -0.2) is 40.4 Å². The minimum atomic E-state index is -3.76. The molecule has 1 amide bonds. The van der Waals surface area contributed by atoms with Crippen LogP contribution in [-0.2, 0) is 14.8 Å². The van der Waals surface area contributed by atoms with Crippen molar-refractivity contribution >= 4 is 49.4 Å². The molecule has 0 radical (unpaired) electrons. The van der Waals surface area contributed by atoms with Gasteiger partial charge in [0.15, 0.2) is 0 Å². The Hall–Kier alpha value is -3.91. The van der Waals surface area contributed by atoms with E-state index in [4.69, 9.17) is 4.74 Å². The minimum absolute atomic E-state index is 0.296. The highest BCUT2D eigenvalue weighted by Crippen LogP contribution is 2.31. The number of carbonyl (C=O) groups is 1. The first kappa shape index (κ1) is 23.3. The fraction of sp³-hybridized carbons (Fsp3) is 0.154. The number of anilines is 1. The Morgan fingerprint density at radius 3 is 2.21 bits per heavy atom. The van der Waals surface area contributed by atoms with E-state index in [-0.39, 0.29) is 0 Å². The van der Waals surface area contributed by atoms with Gasteiger partial charge in [0.05, 0.1) is 25.3 Å². The lowest BCUT2D eigenvalue weighted by Gasteiger charge is -2.23. The lowest BCUT2D eigenvalue weighted by atomic mass is 9.97. The highest BCUT2D eigenvalue weighted by Gasteiger charge is 2.24. The maximum Gasteiger partial charge on any atom is 0.260 e. The van der Waals surface area contributed by atoms with Gasteiger partial charge < -0.3 is 4.74 Å². The molecule has 0 fully saturated rings. The second-order valence-corrected chi connectivity index (χ2v) is 9.88. The Kier molecular flexibility index (Phi) is 6.51. The van der Waals surface area contributed by atoms with Crippen LogP contribution in [0.15, 0.2) is 77.9 Å². The van der Waals surface area contributed by atoms with Crippen molar-refractivity contribution in [2.75, 3.05) is 24.2 Å². The summed E-state index contributed by atoms with van der Waals surface area (Å²) in [6, 6.07) is 23.1. The van der Waals surface area contributed by atoms with Crippen LogP contribution < -0.4 is 14.5 Å². The molecule has 0 aliphatic rings. The summed E-state index contributed by atoms with van der Waals surface area (Å²) in [5.74, 6) is -0.218. The number of nitrogens with zero attached hydrogens (tertiary/aromatic N) is 2. The fourth-order valence-corrected chi connectivity index (χ4v) is 4.75. The zero-order chi connectivity index (χ0) is 24.3. The molecule has 0 saturated carbocycles. The third-order valence-electron chi connectivity index (χ3n) is 5.49. The Morgan fingerprint density at radius 1 is 1.00 bits per heavy atom. The van der Waals surface area contributed by atoms with Crippen molar-refractivity contribution in [1.82, 2.24) is 5.43 Å². The highest BCUT2D eigenvalue weighted by atomic mass is 32.2. The number of methoxy groups -OCH3 is 1. The molecule has 0 aromatic heterocycles. The number of sulfonamides is 1. The van der Waals surface area contributed by atoms with E-state index in [2.05, 4.69) is 16.6 Å². The van der Waals surface area contributed by atoms with Crippen LogP contribution in [0, 0.1) is 6.92 Å². The van der Waals surface area contributed by atoms with Crippen molar-refractivity contribution in [3.05, 3.63) is 83.9 Å². The van der Waals surface area contributed by atoms with E-state index in [1.807, 2.05) is 61.5 Å². The van der Waals surface area contributed by atoms with Crippen LogP contribution in [0.1, 0.15) is 11.1 Å². The van der Waals surface area contributed by atoms with Crippen molar-refractivity contribution in [3.8, 4) is 5.75 Å². The van der Waals surface area contributed by atoms with Crippen LogP contribution in [0.4, 0.5) is 5.69 Å². The number of carbonyl (C=O) groups excluding carboxylic acids is 1. The van der Waals surface area contributed by atoms with Gasteiger partial charge in [0.2, 0.25) is 10.0 Å². The third kappa shape index (κ3) is 4.87. The summed E-state index contributed by atoms with van der Waals surface area (Å²) in [4.78, 5) is 12.7. The van der Waals surface area contributed by atoms with Crippen LogP contribution >= 0.6 is 0 Å². The SMILES string of the molecule is COc1ccc(C)cc1N(CC(=O)N/N=C\c1c2ccccc2cc2ccccc12)S(C)(=O)=O. The first-order chi connectivity index (χ1) is 16.3. The lowest BCUT2D eigenvalue weighted by Crippen LogP contribution is -2.39. The number of hydrazone groups is 1. The predicted molar refractivity (Wildman–Crippen MR) is 137 cm³/mol. The molecular formula is C26H25N3O4S. The molecule has 0 unspecified atom stereocenters. The van der Waals surface area contributed by atoms with Gasteiger partial charge in [-0.15, -0.1) is 0 Å². The molecule has 0 saturated heterocycles. The summed E-state index contributed by atoms with van der Waals surface area (Å²) < 4.78 is 31.3. The van der Waals surface area contributed by atoms with E-state index in [1.54, 1.807) is 18.3 Å². The minimum Gasteiger partial charge on any atom is -0.495 e. The Bertz CT molecular complexity index is 1460. The molecule has 4 rings (SSSR count). The summed E-state index contributed by atoms with van der Waals surface area (Å²) in [7, 11) is -2.30. The number of hydrogen-bond donors (Lipinski definition) is 1. The normalized spacial score (nSPS) is 11.7. The number of amides is 1. The molecule has 0 aliphatic carbocycles. The van der Waals surface area contributed by atoms with Crippen LogP contribution in [0.25, 0.3) is 21.5 Å². The summed E-state index contributed by atoms with van der Waals surface area (Å²) in [6.07, 6.45) is 2.65. The fourth-order valence-electron chi connectivity index (χ4n) is 3.90. The van der Waals surface area contributed by atoms with Gasteiger partial charge in [0.25, 0.3) is 5.91 Å². The topological polar surface area (TPSA) is 88.1 Å². The van der Waals surface area contributed by atoms with E-state index in [0.717, 1.165) is 43.2 Å². The van der Waals surface area contributed by atoms with Crippen LogP contribution in [0.5, 0.6) is 5.75 Å². The van der Waals surface area contributed by atoms with Gasteiger partial charge in [-0.1, -0.05) is 54.6 Å². The predicted octanol–water partition coefficient (Wildman–Crippen LogP) is 4.23. The molecule has 34 heavy (non-hydrogen) atoms. The Balaban J connectivity index is 1.62. The van der Waals surface area contributed by atoms with E-state index in [0.29, 0.717) is 11.4 Å². The molecule has 7 nitrogen and oxygen atoms in total. The second-order valence-electron chi connectivity index (χ2n) is 7.97. The van der Waals surface area contributed by atoms with Gasteiger partial charge in [-0.3, -0.25) is 9.10 Å². The number of fused-ring (bicyclic) bond motifs is 2. The van der Waals surface area contributed by atoms with Crippen LogP contribution in [0.3, 0.4) is 0 Å². The largest absolute Gasteiger partial charge is 0.495 e. The first-order valence-electron chi connectivity index (χ1n) is 10.6. The van der Waals surface area contributed by atoms with Crippen molar-refractivity contribution in [2.45, 2.75) is 6.92 Å². The average molecular weight is 476 g/mol. The molecule has 174 valence electrons. The number of aryl methyl sites for hydroxylation is 1. The van der Waals surface area contributed by atoms with Crippen molar-refractivity contribution in [3.63, 3.8) is 0 Å². The average Bonchev–Trinajstić information content (AvgIpc) is 2.81. The van der Waals surface area contributed by atoms with Gasteiger partial charge in [-0.2, -0.15) is 5.10 Å². The van der Waals surface area contributed by atoms with E-state index in [1.165, 1.54) is 7.11 Å². The monoisotopic (exact) mass is 475 g/mol. The summed E-state index contributed by atoms with van der Waals surface area (Å²) in [5, 5.41) is 8.27. The van der Waals surface area contributed by atoms with E-state index >= 15 is 0 Å². The molecule has 4 aromatic rings. The van der Waals surface area contributed by atoms with Gasteiger partial charge in [-0.25, -0.2) is 13.8 Å². The summed E-state index contributed by atoms with van der Waals surface area (Å²) >= 11 is 0. The molecule has 8 heteroatoms. The first-order valence-corrected chi connectivity index (χ1v) is 12.5. The standard InChI is InChI=1S/C26H25N3O4S/c1-18-12-13-25(33-2)24(14-18)29(34(3,31)32)17-26(30)28-27-16-23-21-10-6-4-8-19(21)15-20-9-5-7-11-22(20)23/h4-16H,17H2,1-3H3,(H,28,30)/b27-16-. The zero-order valence-electron chi connectivity index (χ0n) is 19.1. The quantitative estimate of drug-likeness (QED) is 0.246. The lowest BCUT2D eigenvalue weighted by molar-refractivity contribution is -0.119. The second kappa shape index (κ2) is 9.52. The van der Waals surface area contributed by atoms with Gasteiger partial charge >= 0.3 is 0 Å². The van der Waals surface area contributed by atoms with E-state index < -0.39 is 22.5 Å². The van der Waals surface area contributed by atoms with Gasteiger partial charge in [-0.05, 0) is 52.2 Å². The van der Waals surface area contributed by atoms with Crippen molar-refractivity contribution in [1.29, 1.82) is 0 Å². The van der Waals surface area contributed by atoms with Gasteiger partial charge in [0.1, 0.15) is 12.3 Å². The van der Waals surface area contributed by atoms with E-state index in [9.17, 15) is 13.2 Å². The third-order valence-corrected chi connectivity index (χ3v) is 6.61. The highest BCUT2D eigenvalue weighted by molar-refractivity contribution is 7.92. The summed E-state index contributed by atoms with van der Waals surface area (Å²) in [6.45, 7) is 1.40. The number of hydrogen-bond acceptors (Lipinski definition) is 5. The maximum absolute atomic E-state index is 12.7. The molecule has 4 aromatic carbocycles. The van der Waals surface area contributed by atoms with Crippen molar-refractivity contribution in [2.24, 2.45) is 5.10 Å². The molecular weight excluding hydrogens is 450 g/mol. The molecule has 0 atom stereocenters. The number of ether oxygens (including phenoxy) is 1. The number of rotatable bonds is 7. The number of benzene rings is 4.